The van der Waals surface area contributed by atoms with Gasteiger partial charge in [-0.1, -0.05) is 0 Å². The number of hydrogen-bond donors (Lipinski definition) is 1. The summed E-state index contributed by atoms with van der Waals surface area (Å²) in [6.45, 7) is 0.736. The Morgan fingerprint density at radius 3 is 3.11 bits per heavy atom. The van der Waals surface area contributed by atoms with E-state index in [2.05, 4.69) is 4.98 Å². The maximum atomic E-state index is 12.3. The number of rotatable bonds is 4. The first-order valence-corrected chi connectivity index (χ1v) is 6.81. The van der Waals surface area contributed by atoms with Crippen molar-refractivity contribution in [2.45, 2.75) is 31.7 Å². The van der Waals surface area contributed by atoms with Crippen LogP contribution in [0.2, 0.25) is 0 Å². The topological polar surface area (TPSA) is 53.2 Å². The van der Waals surface area contributed by atoms with Gasteiger partial charge in [-0.05, 0) is 25.7 Å². The zero-order chi connectivity index (χ0) is 13.0. The minimum Gasteiger partial charge on any atom is -0.367 e. The van der Waals surface area contributed by atoms with E-state index in [0.29, 0.717) is 5.88 Å². The number of H-pyrrole nitrogens is 1. The van der Waals surface area contributed by atoms with Crippen LogP contribution in [0.15, 0.2) is 23.3 Å². The molecule has 1 saturated heterocycles. The zero-order valence-corrected chi connectivity index (χ0v) is 10.9. The van der Waals surface area contributed by atoms with Crippen molar-refractivity contribution in [2.24, 2.45) is 0 Å². The molecule has 1 unspecified atom stereocenters. The van der Waals surface area contributed by atoms with Crippen LogP contribution < -0.4 is 5.43 Å². The molecule has 1 fully saturated rings. The number of nitrogens with one attached hydrogen (secondary N) is 1. The van der Waals surface area contributed by atoms with Crippen LogP contribution in [0, 0.1) is 0 Å². The lowest BCUT2D eigenvalue weighted by molar-refractivity contribution is 0.0728. The van der Waals surface area contributed by atoms with Gasteiger partial charge in [0.05, 0.1) is 0 Å². The van der Waals surface area contributed by atoms with Crippen LogP contribution >= 0.6 is 11.6 Å². The number of aromatic nitrogens is 1. The molecule has 0 radical (unpaired) electrons. The minimum atomic E-state index is -0.221. The van der Waals surface area contributed by atoms with Crippen LogP contribution in [0.25, 0.3) is 0 Å². The number of carbonyl (C=O) groups excluding carboxylic acids is 1. The molecular formula is C13H17ClN2O2. The maximum absolute atomic E-state index is 12.3. The van der Waals surface area contributed by atoms with E-state index in [-0.39, 0.29) is 22.9 Å². The van der Waals surface area contributed by atoms with Gasteiger partial charge < -0.3 is 9.88 Å². The van der Waals surface area contributed by atoms with Gasteiger partial charge in [-0.3, -0.25) is 9.59 Å². The number of hydrogen-bond acceptors (Lipinski definition) is 2. The first-order chi connectivity index (χ1) is 8.74. The van der Waals surface area contributed by atoms with Crippen molar-refractivity contribution < 1.29 is 4.79 Å². The number of halogens is 1. The molecule has 1 aromatic heterocycles. The highest BCUT2D eigenvalue weighted by Crippen LogP contribution is 2.22. The van der Waals surface area contributed by atoms with Crippen LogP contribution in [0.4, 0.5) is 0 Å². The monoisotopic (exact) mass is 268 g/mol. The smallest absolute Gasteiger partial charge is 0.259 e. The molecule has 1 amide bonds. The summed E-state index contributed by atoms with van der Waals surface area (Å²) in [5.74, 6) is 0.457. The fourth-order valence-electron chi connectivity index (χ4n) is 2.45. The summed E-state index contributed by atoms with van der Waals surface area (Å²) in [4.78, 5) is 28.6. The van der Waals surface area contributed by atoms with Gasteiger partial charge in [0.25, 0.3) is 5.91 Å². The van der Waals surface area contributed by atoms with Gasteiger partial charge in [0.15, 0.2) is 5.43 Å². The summed E-state index contributed by atoms with van der Waals surface area (Å²) in [7, 11) is 0. The molecule has 0 spiro atoms. The lowest BCUT2D eigenvalue weighted by atomic mass is 10.1. The Labute approximate surface area is 111 Å². The lowest BCUT2D eigenvalue weighted by Crippen LogP contribution is -2.37. The van der Waals surface area contributed by atoms with Crippen molar-refractivity contribution in [2.75, 3.05) is 12.4 Å². The van der Waals surface area contributed by atoms with Crippen LogP contribution in [0.3, 0.4) is 0 Å². The Hall–Kier alpha value is -1.29. The van der Waals surface area contributed by atoms with E-state index < -0.39 is 0 Å². The van der Waals surface area contributed by atoms with E-state index in [0.717, 1.165) is 32.2 Å². The van der Waals surface area contributed by atoms with Crippen molar-refractivity contribution in [3.8, 4) is 0 Å². The number of likely N-dealkylation sites (tertiary alicyclic amines) is 1. The Kier molecular flexibility index (Phi) is 4.42. The fourth-order valence-corrected chi connectivity index (χ4v) is 2.61. The highest BCUT2D eigenvalue weighted by molar-refractivity contribution is 6.17. The van der Waals surface area contributed by atoms with Crippen LogP contribution in [0.1, 0.15) is 36.0 Å². The van der Waals surface area contributed by atoms with Gasteiger partial charge in [-0.25, -0.2) is 0 Å². The third-order valence-electron chi connectivity index (χ3n) is 3.36. The molecule has 5 heteroatoms. The molecule has 0 aliphatic carbocycles. The van der Waals surface area contributed by atoms with Gasteiger partial charge in [-0.15, -0.1) is 11.6 Å². The van der Waals surface area contributed by atoms with Crippen LogP contribution in [0.5, 0.6) is 0 Å². The Bertz CT molecular complexity index is 472. The molecule has 1 aliphatic heterocycles. The Morgan fingerprint density at radius 1 is 1.56 bits per heavy atom. The zero-order valence-electron chi connectivity index (χ0n) is 10.2. The molecule has 0 aromatic carbocycles. The average molecular weight is 269 g/mol. The van der Waals surface area contributed by atoms with Crippen LogP contribution in [-0.4, -0.2) is 34.3 Å². The molecule has 1 aliphatic rings. The Morgan fingerprint density at radius 2 is 2.39 bits per heavy atom. The van der Waals surface area contributed by atoms with Crippen molar-refractivity contribution >= 4 is 17.5 Å². The first kappa shape index (κ1) is 13.1. The molecule has 0 saturated carbocycles. The summed E-state index contributed by atoms with van der Waals surface area (Å²) in [6.07, 6.45) is 6.85. The van der Waals surface area contributed by atoms with E-state index in [1.165, 1.54) is 18.5 Å². The highest BCUT2D eigenvalue weighted by atomic mass is 35.5. The van der Waals surface area contributed by atoms with Gasteiger partial charge in [0.2, 0.25) is 0 Å². The molecule has 0 bridgehead atoms. The fraction of sp³-hybridized carbons (Fsp3) is 0.538. The molecular weight excluding hydrogens is 252 g/mol. The number of alkyl halides is 1. The van der Waals surface area contributed by atoms with Crippen molar-refractivity contribution in [3.05, 3.63) is 34.2 Å². The number of nitrogens with zero attached hydrogens (tertiary/aromatic N) is 1. The second-order valence-electron chi connectivity index (χ2n) is 4.55. The first-order valence-electron chi connectivity index (χ1n) is 6.28. The molecule has 1 atom stereocenters. The van der Waals surface area contributed by atoms with E-state index in [1.54, 1.807) is 0 Å². The van der Waals surface area contributed by atoms with Gasteiger partial charge in [-0.2, -0.15) is 0 Å². The average Bonchev–Trinajstić information content (AvgIpc) is 2.84. The highest BCUT2D eigenvalue weighted by Gasteiger charge is 2.29. The van der Waals surface area contributed by atoms with E-state index in [9.17, 15) is 9.59 Å². The predicted octanol–water partition coefficient (Wildman–Crippen LogP) is 2.00. The molecule has 98 valence electrons. The summed E-state index contributed by atoms with van der Waals surface area (Å²) >= 11 is 5.69. The standard InChI is InChI=1S/C13H17ClN2O2/c14-6-1-3-10-4-2-8-16(10)13(18)11-9-15-7-5-12(11)17/h5,7,9-10H,1-4,6,8H2,(H,15,17). The third-order valence-corrected chi connectivity index (χ3v) is 3.63. The van der Waals surface area contributed by atoms with Gasteiger partial charge >= 0.3 is 0 Å². The molecule has 4 nitrogen and oxygen atoms in total. The van der Waals surface area contributed by atoms with E-state index >= 15 is 0 Å². The summed E-state index contributed by atoms with van der Waals surface area (Å²) < 4.78 is 0. The lowest BCUT2D eigenvalue weighted by Gasteiger charge is -2.24. The summed E-state index contributed by atoms with van der Waals surface area (Å²) in [5, 5.41) is 0. The quantitative estimate of drug-likeness (QED) is 0.849. The largest absolute Gasteiger partial charge is 0.367 e. The molecule has 1 N–H and O–H groups in total. The predicted molar refractivity (Wildman–Crippen MR) is 71.1 cm³/mol. The molecule has 2 heterocycles. The van der Waals surface area contributed by atoms with Crippen molar-refractivity contribution in [3.63, 3.8) is 0 Å². The second-order valence-corrected chi connectivity index (χ2v) is 4.93. The normalized spacial score (nSPS) is 19.2. The van der Waals surface area contributed by atoms with Crippen molar-refractivity contribution in [1.29, 1.82) is 0 Å². The van der Waals surface area contributed by atoms with Crippen LogP contribution in [-0.2, 0) is 0 Å². The molecule has 1 aromatic rings. The number of amides is 1. The van der Waals surface area contributed by atoms with Gasteiger partial charge in [0.1, 0.15) is 5.56 Å². The molecule has 18 heavy (non-hydrogen) atoms. The number of pyridine rings is 1. The maximum Gasteiger partial charge on any atom is 0.259 e. The van der Waals surface area contributed by atoms with E-state index in [4.69, 9.17) is 11.6 Å². The Balaban J connectivity index is 2.13. The third kappa shape index (κ3) is 2.75. The molecule has 2 rings (SSSR count). The minimum absolute atomic E-state index is 0.158. The summed E-state index contributed by atoms with van der Waals surface area (Å²) in [6, 6.07) is 1.62. The van der Waals surface area contributed by atoms with Gasteiger partial charge in [0, 0.05) is 36.9 Å². The van der Waals surface area contributed by atoms with E-state index in [1.807, 2.05) is 4.90 Å². The number of aromatic amines is 1. The summed E-state index contributed by atoms with van der Waals surface area (Å²) in [5.41, 5.74) is 0.0111. The van der Waals surface area contributed by atoms with Crippen molar-refractivity contribution in [1.82, 2.24) is 9.88 Å². The number of carbonyl (C=O) groups is 1. The SMILES string of the molecule is O=C(c1c[nH]ccc1=O)N1CCCC1CCCCl. The second kappa shape index (κ2) is 6.05.